The van der Waals surface area contributed by atoms with Crippen LogP contribution < -0.4 is 0 Å². The van der Waals surface area contributed by atoms with Crippen molar-refractivity contribution in [2.24, 2.45) is 0 Å². The van der Waals surface area contributed by atoms with Crippen molar-refractivity contribution in [2.75, 3.05) is 13.8 Å². The molecule has 0 atom stereocenters. The molecule has 0 aliphatic carbocycles. The second-order valence-electron chi connectivity index (χ2n) is 2.07. The van der Waals surface area contributed by atoms with Crippen molar-refractivity contribution in [2.45, 2.75) is 13.2 Å². The lowest BCUT2D eigenvalue weighted by atomic mass is 10.5. The molecular weight excluding hydrogens is 149 g/mol. The minimum absolute atomic E-state index is 0.249. The van der Waals surface area contributed by atoms with Gasteiger partial charge >= 0.3 is 0 Å². The zero-order valence-corrected chi connectivity index (χ0v) is 6.33. The highest BCUT2D eigenvalue weighted by Crippen LogP contribution is 1.97. The van der Waals surface area contributed by atoms with Crippen LogP contribution in [0.4, 0.5) is 4.39 Å². The summed E-state index contributed by atoms with van der Waals surface area (Å²) >= 11 is 0. The summed E-state index contributed by atoms with van der Waals surface area (Å²) in [5.41, 5.74) is 0.796. The number of nitrogens with zero attached hydrogens (tertiary/aromatic N) is 3. The van der Waals surface area contributed by atoms with Crippen molar-refractivity contribution in [3.63, 3.8) is 0 Å². The second-order valence-corrected chi connectivity index (χ2v) is 2.07. The first-order chi connectivity index (χ1) is 5.38. The number of aromatic nitrogens is 3. The van der Waals surface area contributed by atoms with Gasteiger partial charge in [0, 0.05) is 7.11 Å². The monoisotopic (exact) mass is 159 g/mol. The van der Waals surface area contributed by atoms with E-state index in [0.29, 0.717) is 6.61 Å². The number of methoxy groups -OCH3 is 1. The maximum absolute atomic E-state index is 11.8. The average Bonchev–Trinajstić information content (AvgIpc) is 2.39. The molecule has 1 rings (SSSR count). The van der Waals surface area contributed by atoms with E-state index in [9.17, 15) is 4.39 Å². The van der Waals surface area contributed by atoms with Crippen molar-refractivity contribution in [3.8, 4) is 0 Å². The van der Waals surface area contributed by atoms with Gasteiger partial charge in [-0.05, 0) is 0 Å². The molecule has 0 saturated carbocycles. The molecule has 0 aromatic carbocycles. The number of hydrogen-bond acceptors (Lipinski definition) is 3. The minimum atomic E-state index is -0.430. The van der Waals surface area contributed by atoms with Crippen LogP contribution in [0.2, 0.25) is 0 Å². The lowest BCUT2D eigenvalue weighted by Gasteiger charge is -2.00. The fourth-order valence-electron chi connectivity index (χ4n) is 0.807. The van der Waals surface area contributed by atoms with E-state index in [1.54, 1.807) is 13.3 Å². The first kappa shape index (κ1) is 8.13. The van der Waals surface area contributed by atoms with Crippen LogP contribution in [-0.4, -0.2) is 28.8 Å². The van der Waals surface area contributed by atoms with Crippen LogP contribution >= 0.6 is 0 Å². The fraction of sp³-hybridized carbons (Fsp3) is 0.667. The first-order valence-electron chi connectivity index (χ1n) is 3.30. The quantitative estimate of drug-likeness (QED) is 0.638. The Labute approximate surface area is 64.0 Å². The van der Waals surface area contributed by atoms with E-state index in [1.165, 1.54) is 4.68 Å². The van der Waals surface area contributed by atoms with Gasteiger partial charge in [-0.2, -0.15) is 0 Å². The van der Waals surface area contributed by atoms with Gasteiger partial charge in [0.05, 0.1) is 25.0 Å². The number of aryl methyl sites for hydroxylation is 1. The second kappa shape index (κ2) is 4.02. The van der Waals surface area contributed by atoms with Crippen molar-refractivity contribution in [3.05, 3.63) is 11.9 Å². The molecule has 0 aliphatic heterocycles. The Morgan fingerprint density at radius 1 is 1.73 bits per heavy atom. The van der Waals surface area contributed by atoms with E-state index < -0.39 is 6.67 Å². The van der Waals surface area contributed by atoms with E-state index in [-0.39, 0.29) is 6.54 Å². The first-order valence-corrected chi connectivity index (χ1v) is 3.30. The Kier molecular flexibility index (Phi) is 2.97. The maximum atomic E-state index is 11.8. The summed E-state index contributed by atoms with van der Waals surface area (Å²) in [6.45, 7) is 0.242. The normalized spacial score (nSPS) is 10.4. The third kappa shape index (κ3) is 1.98. The van der Waals surface area contributed by atoms with Gasteiger partial charge in [-0.1, -0.05) is 5.21 Å². The highest BCUT2D eigenvalue weighted by atomic mass is 19.1. The minimum Gasteiger partial charge on any atom is -0.378 e. The van der Waals surface area contributed by atoms with Crippen LogP contribution in [0.15, 0.2) is 6.20 Å². The van der Waals surface area contributed by atoms with Gasteiger partial charge in [0.1, 0.15) is 6.67 Å². The molecule has 11 heavy (non-hydrogen) atoms. The Hall–Kier alpha value is -0.970. The predicted molar refractivity (Wildman–Crippen MR) is 36.7 cm³/mol. The molecule has 0 radical (unpaired) electrons. The fourth-order valence-corrected chi connectivity index (χ4v) is 0.807. The molecule has 0 spiro atoms. The molecule has 0 unspecified atom stereocenters. The number of ether oxygens (including phenoxy) is 1. The largest absolute Gasteiger partial charge is 0.378 e. The molecule has 0 bridgehead atoms. The van der Waals surface area contributed by atoms with Crippen LogP contribution in [0.25, 0.3) is 0 Å². The van der Waals surface area contributed by atoms with Crippen molar-refractivity contribution >= 4 is 0 Å². The van der Waals surface area contributed by atoms with Crippen LogP contribution in [0.3, 0.4) is 0 Å². The molecule has 1 heterocycles. The standard InChI is InChI=1S/C6H10FN3O/c1-11-5-6-4-8-9-10(6)3-2-7/h4H,2-3,5H2,1H3. The van der Waals surface area contributed by atoms with E-state index in [0.717, 1.165) is 5.69 Å². The van der Waals surface area contributed by atoms with Crippen molar-refractivity contribution in [1.29, 1.82) is 0 Å². The average molecular weight is 159 g/mol. The lowest BCUT2D eigenvalue weighted by Crippen LogP contribution is -2.07. The molecule has 5 heteroatoms. The number of alkyl halides is 1. The van der Waals surface area contributed by atoms with E-state index in [4.69, 9.17) is 4.74 Å². The Morgan fingerprint density at radius 2 is 2.55 bits per heavy atom. The highest BCUT2D eigenvalue weighted by Gasteiger charge is 2.01. The summed E-state index contributed by atoms with van der Waals surface area (Å²) in [7, 11) is 1.58. The summed E-state index contributed by atoms with van der Waals surface area (Å²) < 4.78 is 18.2. The third-order valence-electron chi connectivity index (χ3n) is 1.29. The Bertz CT molecular complexity index is 193. The van der Waals surface area contributed by atoms with E-state index in [2.05, 4.69) is 10.3 Å². The maximum Gasteiger partial charge on any atom is 0.109 e. The lowest BCUT2D eigenvalue weighted by molar-refractivity contribution is 0.175. The third-order valence-corrected chi connectivity index (χ3v) is 1.29. The summed E-state index contributed by atoms with van der Waals surface area (Å²) in [5, 5.41) is 7.30. The molecule has 0 aliphatic rings. The van der Waals surface area contributed by atoms with Gasteiger partial charge in [-0.25, -0.2) is 9.07 Å². The molecule has 1 aromatic heterocycles. The molecule has 62 valence electrons. The summed E-state index contributed by atoms with van der Waals surface area (Å²) in [6.07, 6.45) is 1.57. The number of hydrogen-bond donors (Lipinski definition) is 0. The van der Waals surface area contributed by atoms with Crippen LogP contribution in [0.5, 0.6) is 0 Å². The summed E-state index contributed by atoms with van der Waals surface area (Å²) in [6, 6.07) is 0. The molecule has 0 fully saturated rings. The highest BCUT2D eigenvalue weighted by molar-refractivity contribution is 4.91. The molecular formula is C6H10FN3O. The van der Waals surface area contributed by atoms with Crippen molar-refractivity contribution in [1.82, 2.24) is 15.0 Å². The molecule has 1 aromatic rings. The number of rotatable bonds is 4. The van der Waals surface area contributed by atoms with Gasteiger partial charge in [0.15, 0.2) is 0 Å². The van der Waals surface area contributed by atoms with Gasteiger partial charge < -0.3 is 4.74 Å². The van der Waals surface area contributed by atoms with Gasteiger partial charge in [0.25, 0.3) is 0 Å². The topological polar surface area (TPSA) is 39.9 Å². The van der Waals surface area contributed by atoms with E-state index in [1.807, 2.05) is 0 Å². The van der Waals surface area contributed by atoms with Gasteiger partial charge in [0.2, 0.25) is 0 Å². The van der Waals surface area contributed by atoms with Gasteiger partial charge in [-0.3, -0.25) is 0 Å². The molecule has 0 saturated heterocycles. The molecule has 4 nitrogen and oxygen atoms in total. The van der Waals surface area contributed by atoms with Crippen LogP contribution in [-0.2, 0) is 17.9 Å². The molecule has 0 amide bonds. The zero-order valence-electron chi connectivity index (χ0n) is 6.33. The van der Waals surface area contributed by atoms with Crippen molar-refractivity contribution < 1.29 is 9.13 Å². The van der Waals surface area contributed by atoms with Crippen LogP contribution in [0, 0.1) is 0 Å². The predicted octanol–water partition coefficient (Wildman–Crippen LogP) is 0.394. The SMILES string of the molecule is COCc1cnnn1CCF. The zero-order chi connectivity index (χ0) is 8.10. The Balaban J connectivity index is 2.62. The van der Waals surface area contributed by atoms with Crippen LogP contribution in [0.1, 0.15) is 5.69 Å². The summed E-state index contributed by atoms with van der Waals surface area (Å²) in [5.74, 6) is 0. The van der Waals surface area contributed by atoms with Gasteiger partial charge in [-0.15, -0.1) is 5.10 Å². The smallest absolute Gasteiger partial charge is 0.109 e. The number of halogens is 1. The Morgan fingerprint density at radius 3 is 3.18 bits per heavy atom. The molecule has 0 N–H and O–H groups in total. The van der Waals surface area contributed by atoms with E-state index >= 15 is 0 Å². The summed E-state index contributed by atoms with van der Waals surface area (Å²) in [4.78, 5) is 0.